The van der Waals surface area contributed by atoms with Crippen LogP contribution in [0.25, 0.3) is 0 Å². The van der Waals surface area contributed by atoms with Gasteiger partial charge in [-0.05, 0) is 55.5 Å². The van der Waals surface area contributed by atoms with Crippen molar-refractivity contribution in [3.63, 3.8) is 0 Å². The van der Waals surface area contributed by atoms with Gasteiger partial charge in [0.2, 0.25) is 5.69 Å². The number of rotatable bonds is 13. The Hall–Kier alpha value is -5.49. The predicted octanol–water partition coefficient (Wildman–Crippen LogP) is 8.25. The number of carboxylic acid groups (broad SMARTS) is 2. The van der Waals surface area contributed by atoms with E-state index in [1.165, 1.54) is 22.3 Å². The highest BCUT2D eigenvalue weighted by Gasteiger charge is 2.47. The fraction of sp³-hybridized carbons (Fsp3) is 0.233. The van der Waals surface area contributed by atoms with Gasteiger partial charge >= 0.3 is 11.9 Å². The van der Waals surface area contributed by atoms with E-state index in [1.807, 2.05) is 42.5 Å². The third-order valence-corrected chi connectivity index (χ3v) is 9.92. The van der Waals surface area contributed by atoms with Gasteiger partial charge in [-0.2, -0.15) is 4.58 Å². The molecule has 6 rings (SSSR count). The summed E-state index contributed by atoms with van der Waals surface area (Å²) in [6.45, 7) is 5.24. The van der Waals surface area contributed by atoms with Crippen molar-refractivity contribution in [2.45, 2.75) is 50.4 Å². The van der Waals surface area contributed by atoms with E-state index < -0.39 is 11.9 Å². The molecule has 4 aromatic carbocycles. The molecule has 2 aliphatic rings. The standard InChI is InChI=1S/C43H42N2O4/c1-42(30-32-16-6-3-7-17-32)34-20-12-14-22-36(34)44(28-26-40(46)47)38(42)24-10-5-11-25-39-43(2,31-33-18-8-4-9-19-33)35-21-13-15-23-37(35)45(39)29-27-41(48)49/h3-25H,26-31H2,1-2H3,(H-,46,47,48,49)/p+1. The molecule has 2 N–H and O–H groups in total. The van der Waals surface area contributed by atoms with Crippen LogP contribution in [-0.2, 0) is 33.3 Å². The molecule has 0 aliphatic carbocycles. The fourth-order valence-corrected chi connectivity index (χ4v) is 7.66. The van der Waals surface area contributed by atoms with Crippen LogP contribution in [0.4, 0.5) is 11.4 Å². The molecule has 0 radical (unpaired) electrons. The molecule has 4 aromatic rings. The quantitative estimate of drug-likeness (QED) is 0.112. The zero-order valence-corrected chi connectivity index (χ0v) is 28.1. The lowest BCUT2D eigenvalue weighted by Crippen LogP contribution is -2.34. The minimum atomic E-state index is -0.826. The smallest absolute Gasteiger partial charge is 0.309 e. The highest BCUT2D eigenvalue weighted by atomic mass is 16.4. The maximum absolute atomic E-state index is 11.7. The Bertz CT molecular complexity index is 1960. The SMILES string of the molecule is CC1(Cc2ccccc2)C(/C=C/C=C/C=C2/N(CCC(=O)O)c3ccccc3C2(C)Cc2ccccc2)=[N+](CCC(=O)O)c2ccccc21. The Morgan fingerprint density at radius 1 is 0.673 bits per heavy atom. The maximum atomic E-state index is 11.7. The summed E-state index contributed by atoms with van der Waals surface area (Å²) in [5.74, 6) is -1.65. The molecule has 6 heteroatoms. The van der Waals surface area contributed by atoms with Crippen molar-refractivity contribution >= 4 is 29.0 Å². The number of anilines is 1. The minimum Gasteiger partial charge on any atom is -0.481 e. The molecule has 2 heterocycles. The van der Waals surface area contributed by atoms with Crippen molar-refractivity contribution < 1.29 is 24.4 Å². The molecule has 49 heavy (non-hydrogen) atoms. The summed E-state index contributed by atoms with van der Waals surface area (Å²) in [6.07, 6.45) is 11.9. The zero-order valence-electron chi connectivity index (χ0n) is 28.1. The average molecular weight is 652 g/mol. The number of fused-ring (bicyclic) bond motifs is 2. The van der Waals surface area contributed by atoms with Gasteiger partial charge in [-0.3, -0.25) is 9.59 Å². The number of benzene rings is 4. The van der Waals surface area contributed by atoms with E-state index in [2.05, 4.69) is 120 Å². The van der Waals surface area contributed by atoms with Gasteiger partial charge < -0.3 is 15.1 Å². The van der Waals surface area contributed by atoms with Gasteiger partial charge in [0, 0.05) is 41.1 Å². The summed E-state index contributed by atoms with van der Waals surface area (Å²) in [7, 11) is 0. The molecule has 2 unspecified atom stereocenters. The number of allylic oxidation sites excluding steroid dienone is 6. The van der Waals surface area contributed by atoms with Gasteiger partial charge in [-0.25, -0.2) is 0 Å². The van der Waals surface area contributed by atoms with E-state index in [0.717, 1.165) is 35.6 Å². The van der Waals surface area contributed by atoms with Crippen LogP contribution in [0.3, 0.4) is 0 Å². The molecule has 2 atom stereocenters. The first-order valence-corrected chi connectivity index (χ1v) is 16.9. The monoisotopic (exact) mass is 651 g/mol. The van der Waals surface area contributed by atoms with E-state index in [0.29, 0.717) is 13.1 Å². The van der Waals surface area contributed by atoms with Crippen molar-refractivity contribution in [3.05, 3.63) is 168 Å². The van der Waals surface area contributed by atoms with Crippen LogP contribution in [-0.4, -0.2) is 45.5 Å². The van der Waals surface area contributed by atoms with Gasteiger partial charge in [0.15, 0.2) is 12.3 Å². The molecular weight excluding hydrogens is 608 g/mol. The third kappa shape index (κ3) is 6.91. The molecule has 0 bridgehead atoms. The Labute approximate surface area is 288 Å². The molecule has 0 fully saturated rings. The molecule has 0 aromatic heterocycles. The summed E-state index contributed by atoms with van der Waals surface area (Å²) < 4.78 is 2.16. The van der Waals surface area contributed by atoms with Gasteiger partial charge in [0.05, 0.1) is 11.8 Å². The number of hydrogen-bond acceptors (Lipinski definition) is 3. The second-order valence-electron chi connectivity index (χ2n) is 13.3. The number of para-hydroxylation sites is 2. The van der Waals surface area contributed by atoms with Gasteiger partial charge in [0.1, 0.15) is 6.42 Å². The van der Waals surface area contributed by atoms with E-state index in [9.17, 15) is 19.8 Å². The summed E-state index contributed by atoms with van der Waals surface area (Å²) in [5.41, 5.74) is 8.26. The van der Waals surface area contributed by atoms with Crippen LogP contribution in [0, 0.1) is 0 Å². The first kappa shape index (κ1) is 33.4. The lowest BCUT2D eigenvalue weighted by molar-refractivity contribution is -0.436. The van der Waals surface area contributed by atoms with Crippen LogP contribution >= 0.6 is 0 Å². The van der Waals surface area contributed by atoms with Crippen molar-refractivity contribution in [1.82, 2.24) is 0 Å². The number of aliphatic carboxylic acids is 2. The van der Waals surface area contributed by atoms with Crippen molar-refractivity contribution in [2.75, 3.05) is 18.0 Å². The molecular formula is C43H43N2O4+. The van der Waals surface area contributed by atoms with E-state index in [4.69, 9.17) is 0 Å². The fourth-order valence-electron chi connectivity index (χ4n) is 7.66. The van der Waals surface area contributed by atoms with Crippen LogP contribution in [0.15, 0.2) is 145 Å². The Morgan fingerprint density at radius 2 is 1.24 bits per heavy atom. The molecule has 0 amide bonds. The van der Waals surface area contributed by atoms with Crippen molar-refractivity contribution in [2.24, 2.45) is 0 Å². The Morgan fingerprint density at radius 3 is 1.90 bits per heavy atom. The Balaban J connectivity index is 1.38. The molecule has 0 saturated carbocycles. The van der Waals surface area contributed by atoms with Crippen LogP contribution < -0.4 is 4.90 Å². The number of carbonyl (C=O) groups is 2. The molecule has 248 valence electrons. The second kappa shape index (κ2) is 14.3. The topological polar surface area (TPSA) is 80.9 Å². The third-order valence-electron chi connectivity index (χ3n) is 9.92. The first-order chi connectivity index (χ1) is 23.7. The Kier molecular flexibility index (Phi) is 9.77. The molecule has 2 aliphatic heterocycles. The molecule has 0 saturated heterocycles. The number of carboxylic acids is 2. The zero-order chi connectivity index (χ0) is 34.4. The summed E-state index contributed by atoms with van der Waals surface area (Å²) in [4.78, 5) is 25.6. The average Bonchev–Trinajstić information content (AvgIpc) is 3.47. The molecule has 6 nitrogen and oxygen atoms in total. The largest absolute Gasteiger partial charge is 0.481 e. The van der Waals surface area contributed by atoms with Crippen LogP contribution in [0.5, 0.6) is 0 Å². The lowest BCUT2D eigenvalue weighted by Gasteiger charge is -2.30. The van der Waals surface area contributed by atoms with Gasteiger partial charge in [0.25, 0.3) is 0 Å². The van der Waals surface area contributed by atoms with Gasteiger partial charge in [-0.15, -0.1) is 0 Å². The predicted molar refractivity (Wildman–Crippen MR) is 196 cm³/mol. The highest BCUT2D eigenvalue weighted by Crippen LogP contribution is 2.50. The first-order valence-electron chi connectivity index (χ1n) is 16.9. The minimum absolute atomic E-state index is 0.0295. The lowest BCUT2D eigenvalue weighted by atomic mass is 9.74. The maximum Gasteiger partial charge on any atom is 0.309 e. The van der Waals surface area contributed by atoms with E-state index in [-0.39, 0.29) is 23.7 Å². The van der Waals surface area contributed by atoms with E-state index >= 15 is 0 Å². The van der Waals surface area contributed by atoms with Crippen molar-refractivity contribution in [3.8, 4) is 0 Å². The number of hydrogen-bond donors (Lipinski definition) is 2. The van der Waals surface area contributed by atoms with Gasteiger partial charge in [-0.1, -0.05) is 115 Å². The number of nitrogens with zero attached hydrogens (tertiary/aromatic N) is 2. The van der Waals surface area contributed by atoms with E-state index in [1.54, 1.807) is 0 Å². The van der Waals surface area contributed by atoms with Crippen LogP contribution in [0.2, 0.25) is 0 Å². The van der Waals surface area contributed by atoms with Crippen LogP contribution in [0.1, 0.15) is 48.9 Å². The highest BCUT2D eigenvalue weighted by molar-refractivity contribution is 6.03. The van der Waals surface area contributed by atoms with Crippen molar-refractivity contribution in [1.29, 1.82) is 0 Å². The summed E-state index contributed by atoms with van der Waals surface area (Å²) >= 11 is 0. The second-order valence-corrected chi connectivity index (χ2v) is 13.3. The summed E-state index contributed by atoms with van der Waals surface area (Å²) in [5, 5.41) is 19.2. The normalized spacial score (nSPS) is 20.8. The summed E-state index contributed by atoms with van der Waals surface area (Å²) in [6, 6.07) is 37.4. The molecule has 0 spiro atoms.